The highest BCUT2D eigenvalue weighted by Gasteiger charge is 2.18. The Morgan fingerprint density at radius 1 is 1.47 bits per heavy atom. The molecule has 2 rings (SSSR count). The summed E-state index contributed by atoms with van der Waals surface area (Å²) in [5, 5.41) is 3.45. The van der Waals surface area contributed by atoms with E-state index in [0.29, 0.717) is 0 Å². The molecule has 0 radical (unpaired) electrons. The van der Waals surface area contributed by atoms with Gasteiger partial charge in [-0.15, -0.1) is 0 Å². The summed E-state index contributed by atoms with van der Waals surface area (Å²) >= 11 is 0. The van der Waals surface area contributed by atoms with E-state index in [9.17, 15) is 4.79 Å². The van der Waals surface area contributed by atoms with Gasteiger partial charge in [0.25, 0.3) is 0 Å². The second kappa shape index (κ2) is 6.33. The molecular formula is C14H20N4O. The molecule has 19 heavy (non-hydrogen) atoms. The van der Waals surface area contributed by atoms with Gasteiger partial charge in [-0.1, -0.05) is 6.92 Å². The quantitative estimate of drug-likeness (QED) is 0.830. The highest BCUT2D eigenvalue weighted by atomic mass is 16.1. The summed E-state index contributed by atoms with van der Waals surface area (Å²) < 4.78 is 2.09. The van der Waals surface area contributed by atoms with Crippen LogP contribution in [-0.4, -0.2) is 21.1 Å². The van der Waals surface area contributed by atoms with Gasteiger partial charge in [-0.3, -0.25) is 4.79 Å². The summed E-state index contributed by atoms with van der Waals surface area (Å²) in [6.45, 7) is 5.95. The number of nitrogens with one attached hydrogen (secondary N) is 2. The molecular weight excluding hydrogens is 240 g/mol. The van der Waals surface area contributed by atoms with Crippen LogP contribution in [0.4, 0.5) is 0 Å². The van der Waals surface area contributed by atoms with Gasteiger partial charge in [-0.05, 0) is 31.5 Å². The van der Waals surface area contributed by atoms with Crippen LogP contribution in [-0.2, 0) is 6.54 Å². The molecule has 5 nitrogen and oxygen atoms in total. The number of nitrogens with zero attached hydrogens (tertiary/aromatic N) is 2. The van der Waals surface area contributed by atoms with Crippen LogP contribution in [0.5, 0.6) is 0 Å². The van der Waals surface area contributed by atoms with E-state index >= 15 is 0 Å². The van der Waals surface area contributed by atoms with Gasteiger partial charge in [0.2, 0.25) is 5.56 Å². The molecule has 1 unspecified atom stereocenters. The zero-order valence-corrected chi connectivity index (χ0v) is 11.4. The summed E-state index contributed by atoms with van der Waals surface area (Å²) in [5.41, 5.74) is 0.855. The smallest absolute Gasteiger partial charge is 0.248 e. The minimum Gasteiger partial charge on any atom is -0.334 e. The van der Waals surface area contributed by atoms with Crippen LogP contribution in [0.1, 0.15) is 37.7 Å². The maximum Gasteiger partial charge on any atom is 0.248 e. The molecule has 0 aliphatic carbocycles. The zero-order valence-electron chi connectivity index (χ0n) is 11.4. The van der Waals surface area contributed by atoms with E-state index in [2.05, 4.69) is 33.7 Å². The van der Waals surface area contributed by atoms with Crippen LogP contribution < -0.4 is 10.9 Å². The topological polar surface area (TPSA) is 62.7 Å². The number of rotatable bonds is 6. The predicted molar refractivity (Wildman–Crippen MR) is 75.1 cm³/mol. The lowest BCUT2D eigenvalue weighted by Crippen LogP contribution is -2.27. The van der Waals surface area contributed by atoms with Crippen molar-refractivity contribution in [3.8, 4) is 0 Å². The Bertz CT molecular complexity index is 573. The van der Waals surface area contributed by atoms with Crippen molar-refractivity contribution < 1.29 is 0 Å². The zero-order chi connectivity index (χ0) is 13.7. The normalized spacial score (nSPS) is 12.5. The van der Waals surface area contributed by atoms with Gasteiger partial charge in [0, 0.05) is 31.2 Å². The van der Waals surface area contributed by atoms with Crippen LogP contribution in [0.2, 0.25) is 0 Å². The number of aromatic nitrogens is 3. The average Bonchev–Trinajstić information content (AvgIpc) is 2.88. The lowest BCUT2D eigenvalue weighted by molar-refractivity contribution is 0.541. The Morgan fingerprint density at radius 2 is 2.32 bits per heavy atom. The first-order chi connectivity index (χ1) is 9.26. The second-order valence-electron chi connectivity index (χ2n) is 4.44. The number of aromatic amines is 1. The summed E-state index contributed by atoms with van der Waals surface area (Å²) in [6, 6.07) is 3.50. The molecule has 5 heteroatoms. The van der Waals surface area contributed by atoms with Gasteiger partial charge in [0.05, 0.1) is 6.04 Å². The second-order valence-corrected chi connectivity index (χ2v) is 4.44. The molecule has 1 atom stereocenters. The van der Waals surface area contributed by atoms with Gasteiger partial charge < -0.3 is 14.9 Å². The largest absolute Gasteiger partial charge is 0.334 e. The van der Waals surface area contributed by atoms with E-state index in [0.717, 1.165) is 30.9 Å². The summed E-state index contributed by atoms with van der Waals surface area (Å²) in [7, 11) is 0. The first-order valence-corrected chi connectivity index (χ1v) is 6.69. The standard InChI is InChI=1S/C14H20N4O/c1-3-6-16-13(11-5-7-15-12(19)10-11)14-17-8-9-18(14)4-2/h5,7-10,13,16H,3-4,6H2,1-2H3,(H,15,19). The van der Waals surface area contributed by atoms with Crippen LogP contribution >= 0.6 is 0 Å². The molecule has 0 bridgehead atoms. The van der Waals surface area contributed by atoms with Crippen molar-refractivity contribution >= 4 is 0 Å². The van der Waals surface area contributed by atoms with Crippen molar-refractivity contribution in [2.24, 2.45) is 0 Å². The van der Waals surface area contributed by atoms with Gasteiger partial charge in [0.15, 0.2) is 0 Å². The monoisotopic (exact) mass is 260 g/mol. The van der Waals surface area contributed by atoms with E-state index in [-0.39, 0.29) is 11.6 Å². The SMILES string of the molecule is CCCNC(c1cc[nH]c(=O)c1)c1nccn1CC. The summed E-state index contributed by atoms with van der Waals surface area (Å²) in [6.07, 6.45) is 6.47. The lowest BCUT2D eigenvalue weighted by atomic mass is 10.1. The van der Waals surface area contributed by atoms with Crippen molar-refractivity contribution in [1.29, 1.82) is 0 Å². The number of aryl methyl sites for hydroxylation is 1. The fraction of sp³-hybridized carbons (Fsp3) is 0.429. The number of pyridine rings is 1. The van der Waals surface area contributed by atoms with Gasteiger partial charge >= 0.3 is 0 Å². The molecule has 2 heterocycles. The Hall–Kier alpha value is -1.88. The molecule has 102 valence electrons. The van der Waals surface area contributed by atoms with Crippen LogP contribution in [0.15, 0.2) is 35.5 Å². The third-order valence-corrected chi connectivity index (χ3v) is 3.08. The summed E-state index contributed by atoms with van der Waals surface area (Å²) in [4.78, 5) is 18.6. The molecule has 0 spiro atoms. The average molecular weight is 260 g/mol. The molecule has 0 fully saturated rings. The van der Waals surface area contributed by atoms with E-state index in [1.807, 2.05) is 12.3 Å². The Labute approximate surface area is 112 Å². The van der Waals surface area contributed by atoms with Crippen molar-refractivity contribution in [3.63, 3.8) is 0 Å². The highest BCUT2D eigenvalue weighted by Crippen LogP contribution is 2.19. The number of hydrogen-bond acceptors (Lipinski definition) is 3. The van der Waals surface area contributed by atoms with Gasteiger partial charge in [-0.2, -0.15) is 0 Å². The van der Waals surface area contributed by atoms with E-state index in [1.54, 1.807) is 18.5 Å². The minimum absolute atomic E-state index is 0.0443. The van der Waals surface area contributed by atoms with Crippen molar-refractivity contribution in [2.45, 2.75) is 32.9 Å². The lowest BCUT2D eigenvalue weighted by Gasteiger charge is -2.19. The first kappa shape index (κ1) is 13.5. The van der Waals surface area contributed by atoms with Crippen molar-refractivity contribution in [3.05, 3.63) is 52.5 Å². The van der Waals surface area contributed by atoms with Crippen LogP contribution in [0, 0.1) is 0 Å². The van der Waals surface area contributed by atoms with Crippen LogP contribution in [0.25, 0.3) is 0 Å². The molecule has 0 aliphatic rings. The fourth-order valence-corrected chi connectivity index (χ4v) is 2.14. The van der Waals surface area contributed by atoms with Crippen molar-refractivity contribution in [1.82, 2.24) is 19.9 Å². The molecule has 0 amide bonds. The Morgan fingerprint density at radius 3 is 3.00 bits per heavy atom. The predicted octanol–water partition coefficient (Wildman–Crippen LogP) is 1.68. The van der Waals surface area contributed by atoms with Crippen molar-refractivity contribution in [2.75, 3.05) is 6.54 Å². The van der Waals surface area contributed by atoms with E-state index in [4.69, 9.17) is 0 Å². The maximum atomic E-state index is 11.5. The Balaban J connectivity index is 2.38. The molecule has 0 aliphatic heterocycles. The molecule has 0 aromatic carbocycles. The number of imidazole rings is 1. The van der Waals surface area contributed by atoms with Crippen LogP contribution in [0.3, 0.4) is 0 Å². The highest BCUT2D eigenvalue weighted by molar-refractivity contribution is 5.23. The molecule has 0 saturated heterocycles. The van der Waals surface area contributed by atoms with Gasteiger partial charge in [-0.25, -0.2) is 4.98 Å². The first-order valence-electron chi connectivity index (χ1n) is 6.69. The molecule has 2 aromatic heterocycles. The van der Waals surface area contributed by atoms with E-state index < -0.39 is 0 Å². The van der Waals surface area contributed by atoms with Gasteiger partial charge in [0.1, 0.15) is 5.82 Å². The Kier molecular flexibility index (Phi) is 4.52. The number of H-pyrrole nitrogens is 1. The molecule has 2 aromatic rings. The molecule has 2 N–H and O–H groups in total. The number of hydrogen-bond donors (Lipinski definition) is 2. The third-order valence-electron chi connectivity index (χ3n) is 3.08. The fourth-order valence-electron chi connectivity index (χ4n) is 2.14. The summed E-state index contributed by atoms with van der Waals surface area (Å²) in [5.74, 6) is 0.946. The maximum absolute atomic E-state index is 11.5. The molecule has 0 saturated carbocycles. The third kappa shape index (κ3) is 3.12. The van der Waals surface area contributed by atoms with E-state index in [1.165, 1.54) is 0 Å². The minimum atomic E-state index is -0.0876.